The molecule has 0 bridgehead atoms. The number of nitrogens with zero attached hydrogens (tertiary/aromatic N) is 3. The van der Waals surface area contributed by atoms with Gasteiger partial charge in [0.2, 0.25) is 5.28 Å². The lowest BCUT2D eigenvalue weighted by atomic mass is 10.4. The summed E-state index contributed by atoms with van der Waals surface area (Å²) in [7, 11) is 0. The largest absolute Gasteiger partial charge is 0.365 e. The Balaban J connectivity index is 2.03. The van der Waals surface area contributed by atoms with E-state index in [-0.39, 0.29) is 5.28 Å². The smallest absolute Gasteiger partial charge is 0.226 e. The van der Waals surface area contributed by atoms with Gasteiger partial charge in [0.1, 0.15) is 5.52 Å². The molecule has 0 aliphatic heterocycles. The lowest BCUT2D eigenvalue weighted by Gasteiger charge is -2.04. The zero-order valence-electron chi connectivity index (χ0n) is 8.16. The number of fused-ring (bicyclic) bond motifs is 1. The van der Waals surface area contributed by atoms with E-state index < -0.39 is 0 Å². The molecule has 5 nitrogen and oxygen atoms in total. The summed E-state index contributed by atoms with van der Waals surface area (Å²) in [6, 6.07) is 0.502. The van der Waals surface area contributed by atoms with E-state index in [1.807, 2.05) is 0 Å². The summed E-state index contributed by atoms with van der Waals surface area (Å²) >= 11 is 5.80. The number of anilines is 1. The summed E-state index contributed by atoms with van der Waals surface area (Å²) in [5.74, 6) is 1.45. The lowest BCUT2D eigenvalue weighted by Crippen LogP contribution is -2.06. The Morgan fingerprint density at radius 3 is 3.07 bits per heavy atom. The van der Waals surface area contributed by atoms with Gasteiger partial charge in [0.25, 0.3) is 0 Å². The van der Waals surface area contributed by atoms with E-state index in [2.05, 4.69) is 32.2 Å². The average Bonchev–Trinajstić information content (AvgIpc) is 2.71. The van der Waals surface area contributed by atoms with Crippen molar-refractivity contribution in [3.63, 3.8) is 0 Å². The molecule has 2 unspecified atom stereocenters. The number of halogens is 1. The first kappa shape index (κ1) is 8.91. The van der Waals surface area contributed by atoms with Gasteiger partial charge in [-0.05, 0) is 23.9 Å². The minimum Gasteiger partial charge on any atom is -0.365 e. The fourth-order valence-electron chi connectivity index (χ4n) is 1.61. The Morgan fingerprint density at radius 1 is 1.53 bits per heavy atom. The van der Waals surface area contributed by atoms with Crippen LogP contribution in [0.15, 0.2) is 6.33 Å². The van der Waals surface area contributed by atoms with Crippen LogP contribution in [0.5, 0.6) is 0 Å². The van der Waals surface area contributed by atoms with E-state index in [1.165, 1.54) is 6.42 Å². The maximum absolute atomic E-state index is 5.80. The molecule has 2 N–H and O–H groups in total. The second-order valence-electron chi connectivity index (χ2n) is 3.91. The third-order valence-electron chi connectivity index (χ3n) is 2.69. The van der Waals surface area contributed by atoms with Crippen molar-refractivity contribution in [2.45, 2.75) is 19.4 Å². The second kappa shape index (κ2) is 3.06. The van der Waals surface area contributed by atoms with Gasteiger partial charge < -0.3 is 10.3 Å². The molecule has 6 heteroatoms. The molecule has 0 radical (unpaired) electrons. The van der Waals surface area contributed by atoms with Gasteiger partial charge in [-0.2, -0.15) is 9.97 Å². The van der Waals surface area contributed by atoms with Crippen LogP contribution in [0.1, 0.15) is 13.3 Å². The number of hydrogen-bond acceptors (Lipinski definition) is 4. The molecule has 1 aliphatic rings. The third-order valence-corrected chi connectivity index (χ3v) is 2.86. The number of hydrogen-bond donors (Lipinski definition) is 2. The Labute approximate surface area is 91.3 Å². The van der Waals surface area contributed by atoms with Gasteiger partial charge >= 0.3 is 0 Å². The molecular weight excluding hydrogens is 214 g/mol. The maximum Gasteiger partial charge on any atom is 0.226 e. The monoisotopic (exact) mass is 223 g/mol. The number of aromatic amines is 1. The summed E-state index contributed by atoms with van der Waals surface area (Å²) in [6.45, 7) is 2.20. The van der Waals surface area contributed by atoms with E-state index in [0.717, 1.165) is 11.3 Å². The van der Waals surface area contributed by atoms with Crippen LogP contribution in [0.25, 0.3) is 11.2 Å². The zero-order valence-corrected chi connectivity index (χ0v) is 8.91. The van der Waals surface area contributed by atoms with Crippen molar-refractivity contribution in [3.8, 4) is 0 Å². The first-order valence-corrected chi connectivity index (χ1v) is 5.25. The molecule has 78 valence electrons. The maximum atomic E-state index is 5.80. The summed E-state index contributed by atoms with van der Waals surface area (Å²) < 4.78 is 0. The van der Waals surface area contributed by atoms with E-state index in [4.69, 9.17) is 11.6 Å². The number of H-pyrrole nitrogens is 1. The summed E-state index contributed by atoms with van der Waals surface area (Å²) in [5, 5.41) is 3.56. The average molecular weight is 224 g/mol. The Hall–Kier alpha value is -1.36. The van der Waals surface area contributed by atoms with Crippen molar-refractivity contribution in [2.75, 3.05) is 5.32 Å². The molecule has 0 saturated heterocycles. The molecule has 2 atom stereocenters. The molecule has 0 spiro atoms. The van der Waals surface area contributed by atoms with Crippen molar-refractivity contribution in [3.05, 3.63) is 11.6 Å². The zero-order chi connectivity index (χ0) is 10.4. The molecule has 1 aliphatic carbocycles. The SMILES string of the molecule is CC1CC1Nc1nc(Cl)nc2nc[nH]c12. The predicted octanol–water partition coefficient (Wildman–Crippen LogP) is 1.83. The molecule has 3 rings (SSSR count). The van der Waals surface area contributed by atoms with Crippen LogP contribution in [-0.2, 0) is 0 Å². The Bertz CT molecular complexity index is 508. The van der Waals surface area contributed by atoms with Crippen LogP contribution >= 0.6 is 11.6 Å². The van der Waals surface area contributed by atoms with Crippen molar-refractivity contribution in [1.29, 1.82) is 0 Å². The normalized spacial score (nSPS) is 24.4. The van der Waals surface area contributed by atoms with E-state index >= 15 is 0 Å². The number of aromatic nitrogens is 4. The van der Waals surface area contributed by atoms with Gasteiger partial charge in [-0.1, -0.05) is 6.92 Å². The predicted molar refractivity (Wildman–Crippen MR) is 57.9 cm³/mol. The molecule has 2 aromatic heterocycles. The first-order valence-electron chi connectivity index (χ1n) is 4.87. The molecule has 0 amide bonds. The molecule has 2 heterocycles. The highest BCUT2D eigenvalue weighted by Crippen LogP contribution is 2.33. The van der Waals surface area contributed by atoms with E-state index in [1.54, 1.807) is 6.33 Å². The highest BCUT2D eigenvalue weighted by molar-refractivity contribution is 6.28. The highest BCUT2D eigenvalue weighted by Gasteiger charge is 2.33. The van der Waals surface area contributed by atoms with Crippen molar-refractivity contribution in [2.24, 2.45) is 5.92 Å². The van der Waals surface area contributed by atoms with E-state index in [9.17, 15) is 0 Å². The van der Waals surface area contributed by atoms with Crippen LogP contribution in [0, 0.1) is 5.92 Å². The number of imidazole rings is 1. The summed E-state index contributed by atoms with van der Waals surface area (Å²) in [6.07, 6.45) is 2.77. The van der Waals surface area contributed by atoms with E-state index in [0.29, 0.717) is 17.6 Å². The Morgan fingerprint density at radius 2 is 2.33 bits per heavy atom. The molecule has 1 fully saturated rings. The first-order chi connectivity index (χ1) is 7.24. The fourth-order valence-corrected chi connectivity index (χ4v) is 1.77. The highest BCUT2D eigenvalue weighted by atomic mass is 35.5. The molecule has 0 aromatic carbocycles. The van der Waals surface area contributed by atoms with Gasteiger partial charge in [-0.15, -0.1) is 0 Å². The topological polar surface area (TPSA) is 66.5 Å². The summed E-state index contributed by atoms with van der Waals surface area (Å²) in [4.78, 5) is 15.2. The van der Waals surface area contributed by atoms with Crippen molar-refractivity contribution >= 4 is 28.6 Å². The van der Waals surface area contributed by atoms with Crippen molar-refractivity contribution in [1.82, 2.24) is 19.9 Å². The molecule has 15 heavy (non-hydrogen) atoms. The standard InChI is InChI=1S/C9H10ClN5/c1-4-2-5(4)13-8-6-7(12-3-11-6)14-9(10)15-8/h3-5H,2H2,1H3,(H2,11,12,13,14,15). The fraction of sp³-hybridized carbons (Fsp3) is 0.444. The summed E-state index contributed by atoms with van der Waals surface area (Å²) in [5.41, 5.74) is 1.42. The number of rotatable bonds is 2. The van der Waals surface area contributed by atoms with Crippen LogP contribution in [0.2, 0.25) is 5.28 Å². The van der Waals surface area contributed by atoms with Gasteiger partial charge in [0, 0.05) is 6.04 Å². The van der Waals surface area contributed by atoms with Crippen LogP contribution in [-0.4, -0.2) is 26.0 Å². The van der Waals surface area contributed by atoms with Crippen molar-refractivity contribution < 1.29 is 0 Å². The Kier molecular flexibility index (Phi) is 1.82. The minimum absolute atomic E-state index is 0.227. The quantitative estimate of drug-likeness (QED) is 0.763. The van der Waals surface area contributed by atoms with Gasteiger partial charge in [0.05, 0.1) is 6.33 Å². The molecule has 1 saturated carbocycles. The van der Waals surface area contributed by atoms with Crippen LogP contribution in [0.4, 0.5) is 5.82 Å². The lowest BCUT2D eigenvalue weighted by molar-refractivity contribution is 0.923. The van der Waals surface area contributed by atoms with Crippen LogP contribution in [0.3, 0.4) is 0 Å². The van der Waals surface area contributed by atoms with Gasteiger partial charge in [-0.25, -0.2) is 4.98 Å². The van der Waals surface area contributed by atoms with Gasteiger partial charge in [-0.3, -0.25) is 0 Å². The molecule has 2 aromatic rings. The van der Waals surface area contributed by atoms with Crippen LogP contribution < -0.4 is 5.32 Å². The molecular formula is C9H10ClN5. The second-order valence-corrected chi connectivity index (χ2v) is 4.24. The van der Waals surface area contributed by atoms with Gasteiger partial charge in [0.15, 0.2) is 11.5 Å². The number of nitrogens with one attached hydrogen (secondary N) is 2. The third kappa shape index (κ3) is 1.52. The minimum atomic E-state index is 0.227.